The van der Waals surface area contributed by atoms with Crippen molar-refractivity contribution in [2.24, 2.45) is 0 Å². The van der Waals surface area contributed by atoms with Gasteiger partial charge in [0.05, 0.1) is 11.3 Å². The summed E-state index contributed by atoms with van der Waals surface area (Å²) in [5, 5.41) is 5.09. The maximum Gasteiger partial charge on any atom is 0.275 e. The molecule has 156 valence electrons. The number of hydrogen-bond acceptors (Lipinski definition) is 5. The largest absolute Gasteiger partial charge is 0.325 e. The zero-order valence-electron chi connectivity index (χ0n) is 16.8. The van der Waals surface area contributed by atoms with Crippen molar-refractivity contribution in [2.45, 2.75) is 13.8 Å². The number of rotatable bonds is 3. The first-order chi connectivity index (χ1) is 14.8. The number of fused-ring (bicyclic) bond motifs is 1. The van der Waals surface area contributed by atoms with Crippen molar-refractivity contribution in [3.05, 3.63) is 65.4 Å². The fraction of sp³-hybridized carbons (Fsp3) is 0.136. The van der Waals surface area contributed by atoms with E-state index in [9.17, 15) is 19.2 Å². The molecule has 0 radical (unpaired) electrons. The first-order valence-corrected chi connectivity index (χ1v) is 9.87. The Labute approximate surface area is 183 Å². The standard InChI is InChI=1S/C22H18N4O4S/c1-12-7-9-14(10-8-12)23-17(28)11-25-16-6-4-3-5-15(16)18(21(25)30)19-20(29)24-22(31)26(19)13(2)27/h3-10H,11H2,1-2H3,(H,23,28)(H,24,29,31)/b19-18-. The minimum Gasteiger partial charge on any atom is -0.325 e. The van der Waals surface area contributed by atoms with E-state index in [0.717, 1.165) is 10.5 Å². The maximum absolute atomic E-state index is 13.3. The van der Waals surface area contributed by atoms with Crippen LogP contribution in [0.25, 0.3) is 5.57 Å². The number of aryl methyl sites for hydroxylation is 1. The van der Waals surface area contributed by atoms with Crippen molar-refractivity contribution in [3.8, 4) is 0 Å². The number of nitrogens with one attached hydrogen (secondary N) is 2. The SMILES string of the molecule is CC(=O)N1C(=S)NC(=O)/C1=C1/C(=O)N(CC(=O)Nc2ccc(C)cc2)c2ccccc21. The number of carbonyl (C=O) groups is 4. The summed E-state index contributed by atoms with van der Waals surface area (Å²) in [5.41, 5.74) is 2.50. The Morgan fingerprint density at radius 1 is 1.06 bits per heavy atom. The van der Waals surface area contributed by atoms with Crippen LogP contribution in [0.5, 0.6) is 0 Å². The molecule has 1 saturated heterocycles. The second-order valence-corrected chi connectivity index (χ2v) is 7.55. The van der Waals surface area contributed by atoms with Gasteiger partial charge in [0.15, 0.2) is 5.11 Å². The van der Waals surface area contributed by atoms with Crippen LogP contribution >= 0.6 is 12.2 Å². The molecule has 0 aliphatic carbocycles. The molecule has 0 aromatic heterocycles. The average molecular weight is 434 g/mol. The van der Waals surface area contributed by atoms with E-state index < -0.39 is 23.6 Å². The van der Waals surface area contributed by atoms with Crippen LogP contribution in [0.1, 0.15) is 18.1 Å². The highest BCUT2D eigenvalue weighted by Gasteiger charge is 2.43. The van der Waals surface area contributed by atoms with Crippen LogP contribution in [0.15, 0.2) is 54.2 Å². The molecule has 4 amide bonds. The molecule has 2 aromatic carbocycles. The van der Waals surface area contributed by atoms with Crippen molar-refractivity contribution < 1.29 is 19.2 Å². The summed E-state index contributed by atoms with van der Waals surface area (Å²) in [5.74, 6) is -2.08. The monoisotopic (exact) mass is 434 g/mol. The van der Waals surface area contributed by atoms with E-state index in [1.807, 2.05) is 19.1 Å². The minimum absolute atomic E-state index is 0.0336. The first-order valence-electron chi connectivity index (χ1n) is 9.46. The topological polar surface area (TPSA) is 98.8 Å². The molecule has 31 heavy (non-hydrogen) atoms. The van der Waals surface area contributed by atoms with Crippen molar-refractivity contribution >= 4 is 57.9 Å². The van der Waals surface area contributed by atoms with Crippen LogP contribution in [0.4, 0.5) is 11.4 Å². The Balaban J connectivity index is 1.70. The van der Waals surface area contributed by atoms with Crippen molar-refractivity contribution in [1.29, 1.82) is 0 Å². The van der Waals surface area contributed by atoms with Gasteiger partial charge in [0.25, 0.3) is 11.8 Å². The molecule has 2 aliphatic heterocycles. The summed E-state index contributed by atoms with van der Waals surface area (Å²) >= 11 is 5.07. The van der Waals surface area contributed by atoms with Crippen LogP contribution in [0.3, 0.4) is 0 Å². The van der Waals surface area contributed by atoms with E-state index in [4.69, 9.17) is 12.2 Å². The van der Waals surface area contributed by atoms with Gasteiger partial charge in [0.1, 0.15) is 12.2 Å². The minimum atomic E-state index is -0.635. The number of thiocarbonyl (C=S) groups is 1. The van der Waals surface area contributed by atoms with Gasteiger partial charge >= 0.3 is 0 Å². The number of anilines is 2. The van der Waals surface area contributed by atoms with E-state index in [1.165, 1.54) is 11.8 Å². The van der Waals surface area contributed by atoms with E-state index in [-0.39, 0.29) is 22.9 Å². The second kappa shape index (κ2) is 7.77. The maximum atomic E-state index is 13.3. The van der Waals surface area contributed by atoms with Crippen LogP contribution < -0.4 is 15.5 Å². The summed E-state index contributed by atoms with van der Waals surface area (Å²) < 4.78 is 0. The molecule has 2 aliphatic rings. The van der Waals surface area contributed by atoms with Crippen molar-refractivity contribution in [2.75, 3.05) is 16.8 Å². The molecule has 0 saturated carbocycles. The predicted octanol–water partition coefficient (Wildman–Crippen LogP) is 1.95. The number of carbonyl (C=O) groups excluding carboxylic acids is 4. The summed E-state index contributed by atoms with van der Waals surface area (Å²) in [4.78, 5) is 52.9. The number of para-hydroxylation sites is 1. The van der Waals surface area contributed by atoms with Crippen LogP contribution in [0.2, 0.25) is 0 Å². The number of hydrogen-bond donors (Lipinski definition) is 2. The summed E-state index contributed by atoms with van der Waals surface area (Å²) in [6, 6.07) is 14.1. The van der Waals surface area contributed by atoms with Gasteiger partial charge in [-0.2, -0.15) is 0 Å². The molecule has 4 rings (SSSR count). The van der Waals surface area contributed by atoms with E-state index >= 15 is 0 Å². The summed E-state index contributed by atoms with van der Waals surface area (Å²) in [6.07, 6.45) is 0. The van der Waals surface area contributed by atoms with Gasteiger partial charge in [0, 0.05) is 18.2 Å². The van der Waals surface area contributed by atoms with Crippen LogP contribution in [0, 0.1) is 6.92 Å². The fourth-order valence-electron chi connectivity index (χ4n) is 3.59. The molecule has 0 unspecified atom stereocenters. The molecule has 2 N–H and O–H groups in total. The third-order valence-corrected chi connectivity index (χ3v) is 5.26. The van der Waals surface area contributed by atoms with Crippen molar-refractivity contribution in [1.82, 2.24) is 10.2 Å². The molecule has 0 spiro atoms. The smallest absolute Gasteiger partial charge is 0.275 e. The van der Waals surface area contributed by atoms with Gasteiger partial charge in [-0.05, 0) is 37.3 Å². The lowest BCUT2D eigenvalue weighted by Crippen LogP contribution is -2.36. The van der Waals surface area contributed by atoms with Gasteiger partial charge in [0.2, 0.25) is 11.8 Å². The Morgan fingerprint density at radius 2 is 1.74 bits per heavy atom. The molecule has 1 fully saturated rings. The lowest BCUT2D eigenvalue weighted by atomic mass is 10.0. The lowest BCUT2D eigenvalue weighted by Gasteiger charge is -2.17. The van der Waals surface area contributed by atoms with E-state index in [0.29, 0.717) is 16.9 Å². The number of amides is 4. The van der Waals surface area contributed by atoms with Gasteiger partial charge in [-0.3, -0.25) is 34.3 Å². The third-order valence-electron chi connectivity index (χ3n) is 4.97. The average Bonchev–Trinajstić information content (AvgIpc) is 3.16. The Hall–Kier alpha value is -3.85. The normalized spacial score (nSPS) is 17.7. The zero-order valence-corrected chi connectivity index (χ0v) is 17.6. The molecule has 8 nitrogen and oxygen atoms in total. The number of nitrogens with zero attached hydrogens (tertiary/aromatic N) is 2. The van der Waals surface area contributed by atoms with Crippen LogP contribution in [-0.2, 0) is 19.2 Å². The molecule has 9 heteroatoms. The molecule has 0 bridgehead atoms. The molecular weight excluding hydrogens is 416 g/mol. The number of benzene rings is 2. The van der Waals surface area contributed by atoms with Crippen LogP contribution in [-0.4, -0.2) is 40.2 Å². The summed E-state index contributed by atoms with van der Waals surface area (Å²) in [6.45, 7) is 2.94. The Bertz CT molecular complexity index is 1190. The lowest BCUT2D eigenvalue weighted by molar-refractivity contribution is -0.125. The second-order valence-electron chi connectivity index (χ2n) is 7.16. The molecule has 2 aromatic rings. The molecular formula is C22H18N4O4S. The Morgan fingerprint density at radius 3 is 2.42 bits per heavy atom. The highest BCUT2D eigenvalue weighted by molar-refractivity contribution is 7.80. The molecule has 2 heterocycles. The highest BCUT2D eigenvalue weighted by atomic mass is 32.1. The van der Waals surface area contributed by atoms with Gasteiger partial charge in [-0.15, -0.1) is 0 Å². The zero-order chi connectivity index (χ0) is 22.3. The third kappa shape index (κ3) is 3.59. The Kier molecular flexibility index (Phi) is 5.12. The fourth-order valence-corrected chi connectivity index (χ4v) is 3.90. The molecule has 0 atom stereocenters. The first kappa shape index (κ1) is 20.4. The highest BCUT2D eigenvalue weighted by Crippen LogP contribution is 2.40. The summed E-state index contributed by atoms with van der Waals surface area (Å²) in [7, 11) is 0. The quantitative estimate of drug-likeness (QED) is 0.568. The predicted molar refractivity (Wildman–Crippen MR) is 119 cm³/mol. The van der Waals surface area contributed by atoms with Gasteiger partial charge in [-0.1, -0.05) is 35.9 Å². The van der Waals surface area contributed by atoms with Gasteiger partial charge < -0.3 is 5.32 Å². The van der Waals surface area contributed by atoms with Crippen molar-refractivity contribution in [3.63, 3.8) is 0 Å². The van der Waals surface area contributed by atoms with Gasteiger partial charge in [-0.25, -0.2) is 0 Å². The van der Waals surface area contributed by atoms with E-state index in [1.54, 1.807) is 36.4 Å². The van der Waals surface area contributed by atoms with E-state index in [2.05, 4.69) is 10.6 Å².